The van der Waals surface area contributed by atoms with Crippen LogP contribution in [-0.4, -0.2) is 15.6 Å². The van der Waals surface area contributed by atoms with Gasteiger partial charge in [-0.2, -0.15) is 0 Å². The van der Waals surface area contributed by atoms with Crippen LogP contribution in [0, 0.1) is 0 Å². The molecule has 0 saturated carbocycles. The van der Waals surface area contributed by atoms with Gasteiger partial charge in [-0.25, -0.2) is 0 Å². The fourth-order valence-corrected chi connectivity index (χ4v) is 3.89. The van der Waals surface area contributed by atoms with E-state index in [0.717, 1.165) is 33.1 Å². The van der Waals surface area contributed by atoms with Crippen LogP contribution in [0.15, 0.2) is 51.1 Å². The summed E-state index contributed by atoms with van der Waals surface area (Å²) in [6.07, 6.45) is 6.48. The highest BCUT2D eigenvalue weighted by Crippen LogP contribution is 2.35. The lowest BCUT2D eigenvalue weighted by atomic mass is 10.1. The van der Waals surface area contributed by atoms with E-state index in [2.05, 4.69) is 54.7 Å². The number of hydrogen-bond donors (Lipinski definition) is 0. The maximum Gasteiger partial charge on any atom is 0.255 e. The maximum atomic E-state index is 12.9. The van der Waals surface area contributed by atoms with Crippen molar-refractivity contribution < 1.29 is 4.79 Å². The molecule has 0 fully saturated rings. The first-order valence-corrected chi connectivity index (χ1v) is 10.3. The molecule has 1 unspecified atom stereocenters. The smallest absolute Gasteiger partial charge is 0.255 e. The van der Waals surface area contributed by atoms with Gasteiger partial charge in [0.15, 0.2) is 0 Å². The van der Waals surface area contributed by atoms with E-state index in [-0.39, 0.29) is 10.7 Å². The molecule has 0 aliphatic carbocycles. The fourth-order valence-electron chi connectivity index (χ4n) is 2.59. The lowest BCUT2D eigenvalue weighted by Gasteiger charge is -2.20. The minimum atomic E-state index is 0.0821. The zero-order valence-corrected chi connectivity index (χ0v) is 17.8. The molecule has 1 heterocycles. The van der Waals surface area contributed by atoms with Gasteiger partial charge in [0, 0.05) is 10.4 Å². The highest BCUT2D eigenvalue weighted by atomic mass is 79.9. The molecule has 124 valence electrons. The topological polar surface area (TPSA) is 20.3 Å². The van der Waals surface area contributed by atoms with Gasteiger partial charge in [-0.3, -0.25) is 4.79 Å². The van der Waals surface area contributed by atoms with Gasteiger partial charge in [-0.05, 0) is 49.9 Å². The molecular formula is C18H20Br3NO. The number of carbonyl (C=O) groups excluding carboxylic acids is 1. The van der Waals surface area contributed by atoms with Crippen molar-refractivity contribution in [2.24, 2.45) is 0 Å². The Labute approximate surface area is 163 Å². The number of allylic oxidation sites excluding steroid dienone is 1. The van der Waals surface area contributed by atoms with Crippen molar-refractivity contribution >= 4 is 53.7 Å². The first-order valence-electron chi connectivity index (χ1n) is 7.81. The summed E-state index contributed by atoms with van der Waals surface area (Å²) in [7, 11) is 0. The molecule has 1 aromatic rings. The first kappa shape index (κ1) is 18.9. The number of amides is 1. The number of benzene rings is 1. The van der Waals surface area contributed by atoms with Gasteiger partial charge in [-0.1, -0.05) is 72.4 Å². The summed E-state index contributed by atoms with van der Waals surface area (Å²) in [5.41, 5.74) is 2.84. The van der Waals surface area contributed by atoms with Gasteiger partial charge in [0.2, 0.25) is 0 Å². The fraction of sp³-hybridized carbons (Fsp3) is 0.389. The molecule has 0 aromatic heterocycles. The average molecular weight is 506 g/mol. The summed E-state index contributed by atoms with van der Waals surface area (Å²) >= 11 is 10.6. The number of hydrogen-bond acceptors (Lipinski definition) is 1. The largest absolute Gasteiger partial charge is 0.302 e. The van der Waals surface area contributed by atoms with Crippen LogP contribution >= 0.6 is 47.8 Å². The maximum absolute atomic E-state index is 12.9. The molecule has 0 bridgehead atoms. The van der Waals surface area contributed by atoms with E-state index in [9.17, 15) is 4.79 Å². The predicted molar refractivity (Wildman–Crippen MR) is 107 cm³/mol. The van der Waals surface area contributed by atoms with Crippen molar-refractivity contribution in [1.29, 1.82) is 0 Å². The standard InChI is InChI=1S/C18H20Br3NO/c1-2-3-5-10-15(19)14-11-16(17(20)21)22(18(14)23)12-13-8-6-4-7-9-13/h4,6-9,11,15H,2-3,5,10,12H2,1H3. The van der Waals surface area contributed by atoms with Crippen LogP contribution in [0.5, 0.6) is 0 Å². The average Bonchev–Trinajstić information content (AvgIpc) is 2.86. The summed E-state index contributed by atoms with van der Waals surface area (Å²) in [4.78, 5) is 14.8. The molecule has 23 heavy (non-hydrogen) atoms. The van der Waals surface area contributed by atoms with Gasteiger partial charge in [-0.15, -0.1) is 0 Å². The quantitative estimate of drug-likeness (QED) is 0.316. The van der Waals surface area contributed by atoms with Crippen molar-refractivity contribution in [3.8, 4) is 0 Å². The van der Waals surface area contributed by atoms with Crippen LogP contribution < -0.4 is 0 Å². The van der Waals surface area contributed by atoms with Gasteiger partial charge in [0.1, 0.15) is 0 Å². The van der Waals surface area contributed by atoms with Gasteiger partial charge >= 0.3 is 0 Å². The molecule has 0 radical (unpaired) electrons. The summed E-state index contributed by atoms with van der Waals surface area (Å²) in [5.74, 6) is 0.0821. The Balaban J connectivity index is 2.16. The molecule has 1 aliphatic heterocycles. The molecule has 2 nitrogen and oxygen atoms in total. The van der Waals surface area contributed by atoms with Crippen LogP contribution in [-0.2, 0) is 11.3 Å². The lowest BCUT2D eigenvalue weighted by Crippen LogP contribution is -2.27. The van der Waals surface area contributed by atoms with Crippen LogP contribution in [0.1, 0.15) is 38.2 Å². The minimum Gasteiger partial charge on any atom is -0.302 e. The van der Waals surface area contributed by atoms with E-state index in [1.165, 1.54) is 12.8 Å². The van der Waals surface area contributed by atoms with Gasteiger partial charge in [0.05, 0.1) is 15.6 Å². The second-order valence-electron chi connectivity index (χ2n) is 5.59. The summed E-state index contributed by atoms with van der Waals surface area (Å²) in [5, 5.41) is 0. The SMILES string of the molecule is CCCCCC(Br)C1=CC(=C(Br)Br)N(Cc2ccccc2)C1=O. The second kappa shape index (κ2) is 9.19. The number of rotatable bonds is 7. The van der Waals surface area contributed by atoms with Crippen LogP contribution in [0.3, 0.4) is 0 Å². The number of unbranched alkanes of at least 4 members (excludes halogenated alkanes) is 2. The minimum absolute atomic E-state index is 0.0821. The van der Waals surface area contributed by atoms with Crippen molar-refractivity contribution in [2.45, 2.75) is 44.0 Å². The Morgan fingerprint density at radius 3 is 2.48 bits per heavy atom. The molecule has 1 atom stereocenters. The predicted octanol–water partition coefficient (Wildman–Crippen LogP) is 6.26. The number of carbonyl (C=O) groups is 1. The zero-order chi connectivity index (χ0) is 16.8. The lowest BCUT2D eigenvalue weighted by molar-refractivity contribution is -0.124. The Bertz CT molecular complexity index is 606. The second-order valence-corrected chi connectivity index (χ2v) is 9.34. The first-order chi connectivity index (χ1) is 11.0. The molecular weight excluding hydrogens is 486 g/mol. The van der Waals surface area contributed by atoms with Crippen LogP contribution in [0.4, 0.5) is 0 Å². The van der Waals surface area contributed by atoms with Crippen molar-refractivity contribution in [3.05, 3.63) is 56.6 Å². The summed E-state index contributed by atoms with van der Waals surface area (Å²) in [6, 6.07) is 10.1. The Kier molecular flexibility index (Phi) is 7.57. The Morgan fingerprint density at radius 1 is 1.17 bits per heavy atom. The zero-order valence-electron chi connectivity index (χ0n) is 13.1. The number of nitrogens with zero attached hydrogens (tertiary/aromatic N) is 1. The van der Waals surface area contributed by atoms with Crippen molar-refractivity contribution in [2.75, 3.05) is 0 Å². The monoisotopic (exact) mass is 503 g/mol. The summed E-state index contributed by atoms with van der Waals surface area (Å²) in [6.45, 7) is 2.76. The van der Waals surface area contributed by atoms with Crippen molar-refractivity contribution in [1.82, 2.24) is 4.90 Å². The van der Waals surface area contributed by atoms with E-state index < -0.39 is 0 Å². The highest BCUT2D eigenvalue weighted by molar-refractivity contribution is 9.28. The van der Waals surface area contributed by atoms with E-state index in [0.29, 0.717) is 6.54 Å². The van der Waals surface area contributed by atoms with Crippen LogP contribution in [0.2, 0.25) is 0 Å². The van der Waals surface area contributed by atoms with E-state index in [4.69, 9.17) is 0 Å². The van der Waals surface area contributed by atoms with E-state index >= 15 is 0 Å². The number of halogens is 3. The molecule has 0 N–H and O–H groups in total. The van der Waals surface area contributed by atoms with Gasteiger partial charge in [0.25, 0.3) is 5.91 Å². The van der Waals surface area contributed by atoms with Gasteiger partial charge < -0.3 is 4.90 Å². The third kappa shape index (κ3) is 5.04. The van der Waals surface area contributed by atoms with E-state index in [1.807, 2.05) is 41.3 Å². The Morgan fingerprint density at radius 2 is 1.87 bits per heavy atom. The van der Waals surface area contributed by atoms with Crippen molar-refractivity contribution in [3.63, 3.8) is 0 Å². The molecule has 1 aromatic carbocycles. The number of alkyl halides is 1. The normalized spacial score (nSPS) is 15.8. The molecule has 1 aliphatic rings. The highest BCUT2D eigenvalue weighted by Gasteiger charge is 2.32. The Hall–Kier alpha value is -0.390. The molecule has 0 saturated heterocycles. The third-order valence-electron chi connectivity index (χ3n) is 3.85. The molecule has 1 amide bonds. The van der Waals surface area contributed by atoms with Crippen LogP contribution in [0.25, 0.3) is 0 Å². The third-order valence-corrected chi connectivity index (χ3v) is 5.61. The molecule has 2 rings (SSSR count). The van der Waals surface area contributed by atoms with E-state index in [1.54, 1.807) is 0 Å². The molecule has 5 heteroatoms. The summed E-state index contributed by atoms with van der Waals surface area (Å²) < 4.78 is 0.803. The molecule has 0 spiro atoms.